The number of amides is 1. The molecule has 0 spiro atoms. The normalized spacial score (nSPS) is 11.4. The molecule has 1 heterocycles. The van der Waals surface area contributed by atoms with E-state index in [1.54, 1.807) is 0 Å². The van der Waals surface area contributed by atoms with Gasteiger partial charge in [0.05, 0.1) is 11.9 Å². The topological polar surface area (TPSA) is 83.8 Å². The monoisotopic (exact) mass is 224 g/mol. The molecule has 0 aliphatic rings. The van der Waals surface area contributed by atoms with E-state index in [9.17, 15) is 4.79 Å². The molecule has 4 N–H and O–H groups in total. The molecule has 0 saturated carbocycles. The van der Waals surface area contributed by atoms with Crippen LogP contribution >= 0.6 is 0 Å². The average molecular weight is 224 g/mol. The summed E-state index contributed by atoms with van der Waals surface area (Å²) in [6.45, 7) is 6.22. The van der Waals surface area contributed by atoms with Crippen LogP contribution in [0, 0.1) is 0 Å². The number of nitrogen functional groups attached to an aromatic ring is 1. The van der Waals surface area contributed by atoms with E-state index in [0.29, 0.717) is 11.4 Å². The summed E-state index contributed by atoms with van der Waals surface area (Å²) >= 11 is 0. The Morgan fingerprint density at radius 1 is 1.44 bits per heavy atom. The average Bonchev–Trinajstić information content (AvgIpc) is 2.72. The Labute approximate surface area is 95.8 Å². The lowest BCUT2D eigenvalue weighted by molar-refractivity contribution is 0.0884. The first-order chi connectivity index (χ1) is 7.58. The van der Waals surface area contributed by atoms with Gasteiger partial charge in [0.15, 0.2) is 0 Å². The number of nitrogens with two attached hydrogens (primary N) is 1. The van der Waals surface area contributed by atoms with Gasteiger partial charge in [0.25, 0.3) is 5.91 Å². The lowest BCUT2D eigenvalue weighted by Crippen LogP contribution is -2.47. The molecule has 1 aromatic heterocycles. The van der Waals surface area contributed by atoms with Crippen molar-refractivity contribution in [3.8, 4) is 0 Å². The Kier molecular flexibility index (Phi) is 3.93. The van der Waals surface area contributed by atoms with Crippen LogP contribution in [0.4, 0.5) is 5.69 Å². The third-order valence-corrected chi connectivity index (χ3v) is 3.30. The zero-order valence-electron chi connectivity index (χ0n) is 10.1. The highest BCUT2D eigenvalue weighted by Crippen LogP contribution is 2.20. The number of carbonyl (C=O) groups excluding carboxylic acids is 1. The summed E-state index contributed by atoms with van der Waals surface area (Å²) in [6.07, 6.45) is 4.15. The largest absolute Gasteiger partial charge is 0.396 e. The maximum Gasteiger partial charge on any atom is 0.271 e. The van der Waals surface area contributed by atoms with Gasteiger partial charge in [-0.25, -0.2) is 0 Å². The smallest absolute Gasteiger partial charge is 0.271 e. The summed E-state index contributed by atoms with van der Waals surface area (Å²) in [7, 11) is 0. The van der Waals surface area contributed by atoms with Crippen molar-refractivity contribution in [3.63, 3.8) is 0 Å². The number of aromatic amines is 1. The van der Waals surface area contributed by atoms with E-state index in [1.165, 1.54) is 6.20 Å². The minimum atomic E-state index is -0.180. The molecule has 0 unspecified atom stereocenters. The fourth-order valence-corrected chi connectivity index (χ4v) is 1.80. The maximum atomic E-state index is 12.0. The number of hydrogen-bond acceptors (Lipinski definition) is 3. The Bertz CT molecular complexity index is 346. The van der Waals surface area contributed by atoms with E-state index in [2.05, 4.69) is 36.3 Å². The van der Waals surface area contributed by atoms with Gasteiger partial charge in [0, 0.05) is 5.54 Å². The van der Waals surface area contributed by atoms with Crippen LogP contribution in [-0.4, -0.2) is 21.6 Å². The predicted molar refractivity (Wildman–Crippen MR) is 64.1 cm³/mol. The highest BCUT2D eigenvalue weighted by molar-refractivity contribution is 5.97. The lowest BCUT2D eigenvalue weighted by Gasteiger charge is -2.31. The Balaban J connectivity index is 2.81. The van der Waals surface area contributed by atoms with E-state index in [4.69, 9.17) is 5.73 Å². The highest BCUT2D eigenvalue weighted by atomic mass is 16.2. The van der Waals surface area contributed by atoms with Crippen LogP contribution < -0.4 is 11.1 Å². The van der Waals surface area contributed by atoms with Gasteiger partial charge in [0.2, 0.25) is 0 Å². The van der Waals surface area contributed by atoms with Gasteiger partial charge >= 0.3 is 0 Å². The maximum absolute atomic E-state index is 12.0. The zero-order chi connectivity index (χ0) is 12.2. The second-order valence-electron chi connectivity index (χ2n) is 4.00. The number of nitrogens with one attached hydrogen (secondary N) is 2. The van der Waals surface area contributed by atoms with Crippen LogP contribution in [-0.2, 0) is 0 Å². The van der Waals surface area contributed by atoms with Crippen molar-refractivity contribution in [1.29, 1.82) is 0 Å². The number of carbonyl (C=O) groups is 1. The second kappa shape index (κ2) is 5.01. The molecule has 0 aliphatic carbocycles. The highest BCUT2D eigenvalue weighted by Gasteiger charge is 2.27. The van der Waals surface area contributed by atoms with Gasteiger partial charge in [0.1, 0.15) is 5.69 Å². The molecular formula is C11H20N4O. The quantitative estimate of drug-likeness (QED) is 0.711. The minimum absolute atomic E-state index is 0.144. The van der Waals surface area contributed by atoms with Gasteiger partial charge in [-0.05, 0) is 19.3 Å². The van der Waals surface area contributed by atoms with E-state index in [-0.39, 0.29) is 11.4 Å². The summed E-state index contributed by atoms with van der Waals surface area (Å²) in [5.74, 6) is -0.180. The minimum Gasteiger partial charge on any atom is -0.396 e. The fraction of sp³-hybridized carbons (Fsp3) is 0.636. The molecule has 1 amide bonds. The van der Waals surface area contributed by atoms with E-state index < -0.39 is 0 Å². The van der Waals surface area contributed by atoms with Crippen LogP contribution in [0.3, 0.4) is 0 Å². The second-order valence-corrected chi connectivity index (χ2v) is 4.00. The molecule has 0 aliphatic heterocycles. The van der Waals surface area contributed by atoms with Crippen LogP contribution in [0.1, 0.15) is 50.5 Å². The molecule has 0 aromatic carbocycles. The van der Waals surface area contributed by atoms with Crippen LogP contribution in [0.15, 0.2) is 6.20 Å². The third kappa shape index (κ3) is 2.35. The number of hydrogen-bond donors (Lipinski definition) is 3. The van der Waals surface area contributed by atoms with Crippen molar-refractivity contribution >= 4 is 11.6 Å². The Morgan fingerprint density at radius 2 is 2.00 bits per heavy atom. The van der Waals surface area contributed by atoms with Crippen LogP contribution in [0.25, 0.3) is 0 Å². The number of aromatic nitrogens is 2. The molecule has 16 heavy (non-hydrogen) atoms. The van der Waals surface area contributed by atoms with Gasteiger partial charge in [-0.1, -0.05) is 20.8 Å². The molecule has 1 aromatic rings. The van der Waals surface area contributed by atoms with Crippen molar-refractivity contribution in [1.82, 2.24) is 15.5 Å². The SMILES string of the molecule is CCC(CC)(CC)NC(=O)c1[nH]ncc1N. The molecule has 0 saturated heterocycles. The summed E-state index contributed by atoms with van der Waals surface area (Å²) in [5.41, 5.74) is 6.22. The van der Waals surface area contributed by atoms with Crippen molar-refractivity contribution < 1.29 is 4.79 Å². The number of anilines is 1. The predicted octanol–water partition coefficient (Wildman–Crippen LogP) is 1.69. The van der Waals surface area contributed by atoms with Crippen LogP contribution in [0.2, 0.25) is 0 Å². The van der Waals surface area contributed by atoms with Crippen molar-refractivity contribution in [2.24, 2.45) is 0 Å². The van der Waals surface area contributed by atoms with Gasteiger partial charge < -0.3 is 11.1 Å². The lowest BCUT2D eigenvalue weighted by atomic mass is 9.89. The molecule has 90 valence electrons. The van der Waals surface area contributed by atoms with Gasteiger partial charge in [-0.15, -0.1) is 0 Å². The summed E-state index contributed by atoms with van der Waals surface area (Å²) in [5, 5.41) is 9.39. The first kappa shape index (κ1) is 12.5. The Morgan fingerprint density at radius 3 is 2.38 bits per heavy atom. The molecular weight excluding hydrogens is 204 g/mol. The molecule has 0 fully saturated rings. The summed E-state index contributed by atoms with van der Waals surface area (Å²) in [6, 6.07) is 0. The third-order valence-electron chi connectivity index (χ3n) is 3.30. The first-order valence-corrected chi connectivity index (χ1v) is 5.70. The van der Waals surface area contributed by atoms with Gasteiger partial charge in [-0.2, -0.15) is 5.10 Å². The van der Waals surface area contributed by atoms with E-state index in [1.807, 2.05) is 0 Å². The van der Waals surface area contributed by atoms with Crippen molar-refractivity contribution in [3.05, 3.63) is 11.9 Å². The molecule has 0 radical (unpaired) electrons. The molecule has 5 nitrogen and oxygen atoms in total. The number of H-pyrrole nitrogens is 1. The van der Waals surface area contributed by atoms with E-state index >= 15 is 0 Å². The van der Waals surface area contributed by atoms with E-state index in [0.717, 1.165) is 19.3 Å². The Hall–Kier alpha value is -1.52. The van der Waals surface area contributed by atoms with Crippen molar-refractivity contribution in [2.75, 3.05) is 5.73 Å². The number of nitrogens with zero attached hydrogens (tertiary/aromatic N) is 1. The van der Waals surface area contributed by atoms with Crippen LogP contribution in [0.5, 0.6) is 0 Å². The standard InChI is InChI=1S/C11H20N4O/c1-4-11(5-2,6-3)14-10(16)9-8(12)7-13-15-9/h7H,4-6,12H2,1-3H3,(H,13,15)(H,14,16). The molecule has 0 atom stereocenters. The summed E-state index contributed by atoms with van der Waals surface area (Å²) < 4.78 is 0. The molecule has 0 bridgehead atoms. The number of rotatable bonds is 5. The molecule has 1 rings (SSSR count). The summed E-state index contributed by atoms with van der Waals surface area (Å²) in [4.78, 5) is 12.0. The van der Waals surface area contributed by atoms with Gasteiger partial charge in [-0.3, -0.25) is 9.89 Å². The molecule has 5 heteroatoms. The first-order valence-electron chi connectivity index (χ1n) is 5.70. The fourth-order valence-electron chi connectivity index (χ4n) is 1.80. The van der Waals surface area contributed by atoms with Crippen molar-refractivity contribution in [2.45, 2.75) is 45.6 Å². The zero-order valence-corrected chi connectivity index (χ0v) is 10.1.